The van der Waals surface area contributed by atoms with Crippen LogP contribution in [0.25, 0.3) is 0 Å². The minimum Gasteiger partial charge on any atom is -0.344 e. The number of hydrogen-bond acceptors (Lipinski definition) is 3. The van der Waals surface area contributed by atoms with Gasteiger partial charge in [-0.2, -0.15) is 0 Å². The van der Waals surface area contributed by atoms with Gasteiger partial charge < -0.3 is 10.2 Å². The Morgan fingerprint density at radius 1 is 1.35 bits per heavy atom. The van der Waals surface area contributed by atoms with Crippen LogP contribution in [0.15, 0.2) is 30.5 Å². The van der Waals surface area contributed by atoms with Gasteiger partial charge in [-0.15, -0.1) is 0 Å². The molecule has 2 amide bonds. The van der Waals surface area contributed by atoms with Gasteiger partial charge >= 0.3 is 0 Å². The standard InChI is InChI=1S/C17H13Cl2F2N3O2/c1-24-7-9(8-5-10(18)15(19)22-6-8)13(17(24)26)16(25)23-12-4-2-3-11(20)14(12)21/h2-6,9,13H,7H2,1H3,(H,23,25)/t9-,13+/m0/s1. The first-order valence-corrected chi connectivity index (χ1v) is 8.36. The van der Waals surface area contributed by atoms with Crippen molar-refractivity contribution in [3.05, 3.63) is 57.8 Å². The molecule has 0 unspecified atom stereocenters. The molecule has 1 aromatic heterocycles. The van der Waals surface area contributed by atoms with Crippen LogP contribution in [0, 0.1) is 17.6 Å². The molecule has 136 valence electrons. The van der Waals surface area contributed by atoms with Gasteiger partial charge in [0.15, 0.2) is 11.6 Å². The van der Waals surface area contributed by atoms with E-state index in [2.05, 4.69) is 10.3 Å². The summed E-state index contributed by atoms with van der Waals surface area (Å²) >= 11 is 11.8. The average molecular weight is 400 g/mol. The molecular formula is C17H13Cl2F2N3O2. The molecule has 1 fully saturated rings. The molecule has 1 aliphatic heterocycles. The third-order valence-electron chi connectivity index (χ3n) is 4.25. The Hall–Kier alpha value is -2.25. The van der Waals surface area contributed by atoms with Gasteiger partial charge in [0.2, 0.25) is 11.8 Å². The predicted octanol–water partition coefficient (Wildman–Crippen LogP) is 3.48. The highest BCUT2D eigenvalue weighted by Crippen LogP contribution is 2.35. The maximum atomic E-state index is 13.8. The van der Waals surface area contributed by atoms with Crippen molar-refractivity contribution < 1.29 is 18.4 Å². The fourth-order valence-electron chi connectivity index (χ4n) is 2.94. The molecule has 0 aliphatic carbocycles. The highest BCUT2D eigenvalue weighted by Gasteiger charge is 2.44. The number of pyridine rings is 1. The molecule has 2 heterocycles. The summed E-state index contributed by atoms with van der Waals surface area (Å²) in [5.41, 5.74) is 0.223. The molecule has 1 aliphatic rings. The summed E-state index contributed by atoms with van der Waals surface area (Å²) in [7, 11) is 1.55. The summed E-state index contributed by atoms with van der Waals surface area (Å²) in [5.74, 6) is -5.13. The van der Waals surface area contributed by atoms with Crippen LogP contribution in [0.3, 0.4) is 0 Å². The molecule has 1 saturated heterocycles. The summed E-state index contributed by atoms with van der Waals surface area (Å²) in [5, 5.41) is 2.59. The number of anilines is 1. The number of rotatable bonds is 3. The average Bonchev–Trinajstić information content (AvgIpc) is 2.89. The van der Waals surface area contributed by atoms with Gasteiger partial charge in [-0.25, -0.2) is 13.8 Å². The third kappa shape index (κ3) is 3.37. The number of likely N-dealkylation sites (N-methyl/N-ethyl adjacent to an activating group) is 1. The Bertz CT molecular complexity index is 894. The first-order valence-electron chi connectivity index (χ1n) is 7.60. The highest BCUT2D eigenvalue weighted by atomic mass is 35.5. The Morgan fingerprint density at radius 2 is 2.08 bits per heavy atom. The lowest BCUT2D eigenvalue weighted by Gasteiger charge is -2.17. The maximum Gasteiger partial charge on any atom is 0.237 e. The number of carbonyl (C=O) groups excluding carboxylic acids is 2. The van der Waals surface area contributed by atoms with E-state index in [0.29, 0.717) is 5.56 Å². The number of hydrogen-bond donors (Lipinski definition) is 1. The van der Waals surface area contributed by atoms with Gasteiger partial charge in [0.1, 0.15) is 11.1 Å². The van der Waals surface area contributed by atoms with E-state index < -0.39 is 35.3 Å². The number of aromatic nitrogens is 1. The van der Waals surface area contributed by atoms with Gasteiger partial charge in [-0.05, 0) is 23.8 Å². The van der Waals surface area contributed by atoms with E-state index in [-0.39, 0.29) is 22.4 Å². The third-order valence-corrected chi connectivity index (χ3v) is 4.94. The molecule has 1 N–H and O–H groups in total. The number of benzene rings is 1. The van der Waals surface area contributed by atoms with E-state index >= 15 is 0 Å². The van der Waals surface area contributed by atoms with Crippen molar-refractivity contribution in [1.82, 2.24) is 9.88 Å². The van der Waals surface area contributed by atoms with Gasteiger partial charge in [0.25, 0.3) is 0 Å². The van der Waals surface area contributed by atoms with Gasteiger partial charge in [0, 0.05) is 25.7 Å². The second kappa shape index (κ2) is 7.17. The molecule has 0 radical (unpaired) electrons. The minimum atomic E-state index is -1.19. The predicted molar refractivity (Wildman–Crippen MR) is 93.1 cm³/mol. The zero-order valence-corrected chi connectivity index (χ0v) is 15.0. The molecule has 1 aromatic carbocycles. The van der Waals surface area contributed by atoms with Crippen molar-refractivity contribution in [3.8, 4) is 0 Å². The summed E-state index contributed by atoms with van der Waals surface area (Å²) in [4.78, 5) is 30.4. The number of nitrogens with one attached hydrogen (secondary N) is 1. The lowest BCUT2D eigenvalue weighted by atomic mass is 9.88. The fourth-order valence-corrected chi connectivity index (χ4v) is 3.22. The minimum absolute atomic E-state index is 0.107. The molecule has 9 heteroatoms. The smallest absolute Gasteiger partial charge is 0.237 e. The first-order chi connectivity index (χ1) is 12.3. The Balaban J connectivity index is 1.91. The summed E-state index contributed by atoms with van der Waals surface area (Å²) in [6.45, 7) is 0.252. The van der Waals surface area contributed by atoms with Crippen molar-refractivity contribution in [1.29, 1.82) is 0 Å². The largest absolute Gasteiger partial charge is 0.344 e. The monoisotopic (exact) mass is 399 g/mol. The molecule has 0 bridgehead atoms. The number of likely N-dealkylation sites (tertiary alicyclic amines) is 1. The molecule has 3 rings (SSSR count). The lowest BCUT2D eigenvalue weighted by Crippen LogP contribution is -2.33. The molecule has 0 saturated carbocycles. The van der Waals surface area contributed by atoms with Crippen molar-refractivity contribution >= 4 is 40.7 Å². The van der Waals surface area contributed by atoms with E-state index in [9.17, 15) is 18.4 Å². The SMILES string of the molecule is CN1C[C@@H](c2cnc(Cl)c(Cl)c2)[C@H](C(=O)Nc2cccc(F)c2F)C1=O. The second-order valence-electron chi connectivity index (χ2n) is 5.93. The molecule has 26 heavy (non-hydrogen) atoms. The van der Waals surface area contributed by atoms with E-state index in [1.165, 1.54) is 29.3 Å². The maximum absolute atomic E-state index is 13.8. The number of halogens is 4. The zero-order chi connectivity index (χ0) is 19.0. The molecule has 2 aromatic rings. The number of amides is 2. The van der Waals surface area contributed by atoms with E-state index in [1.54, 1.807) is 7.05 Å². The highest BCUT2D eigenvalue weighted by molar-refractivity contribution is 6.41. The second-order valence-corrected chi connectivity index (χ2v) is 6.70. The van der Waals surface area contributed by atoms with E-state index in [4.69, 9.17) is 23.2 Å². The van der Waals surface area contributed by atoms with Gasteiger partial charge in [0.05, 0.1) is 10.7 Å². The van der Waals surface area contributed by atoms with Gasteiger partial charge in [-0.1, -0.05) is 29.3 Å². The van der Waals surface area contributed by atoms with E-state index in [0.717, 1.165) is 6.07 Å². The summed E-state index contributed by atoms with van der Waals surface area (Å²) in [6.07, 6.45) is 1.44. The van der Waals surface area contributed by atoms with Crippen LogP contribution < -0.4 is 5.32 Å². The van der Waals surface area contributed by atoms with Crippen molar-refractivity contribution in [2.75, 3.05) is 18.9 Å². The summed E-state index contributed by atoms with van der Waals surface area (Å²) in [6, 6.07) is 4.95. The van der Waals surface area contributed by atoms with Crippen LogP contribution in [0.1, 0.15) is 11.5 Å². The summed E-state index contributed by atoms with van der Waals surface area (Å²) < 4.78 is 27.1. The lowest BCUT2D eigenvalue weighted by molar-refractivity contribution is -0.135. The van der Waals surface area contributed by atoms with Crippen LogP contribution in [-0.2, 0) is 9.59 Å². The van der Waals surface area contributed by atoms with Crippen LogP contribution >= 0.6 is 23.2 Å². The molecule has 5 nitrogen and oxygen atoms in total. The van der Waals surface area contributed by atoms with Crippen LogP contribution in [0.2, 0.25) is 10.2 Å². The van der Waals surface area contributed by atoms with Crippen molar-refractivity contribution in [3.63, 3.8) is 0 Å². The molecule has 0 spiro atoms. The molecule has 2 atom stereocenters. The number of carbonyl (C=O) groups is 2. The normalized spacial score (nSPS) is 19.7. The van der Waals surface area contributed by atoms with Crippen LogP contribution in [0.5, 0.6) is 0 Å². The Kier molecular flexibility index (Phi) is 5.11. The zero-order valence-electron chi connectivity index (χ0n) is 13.5. The van der Waals surface area contributed by atoms with Crippen molar-refractivity contribution in [2.45, 2.75) is 5.92 Å². The van der Waals surface area contributed by atoms with Crippen LogP contribution in [0.4, 0.5) is 14.5 Å². The van der Waals surface area contributed by atoms with Crippen molar-refractivity contribution in [2.24, 2.45) is 5.92 Å². The van der Waals surface area contributed by atoms with E-state index in [1.807, 2.05) is 0 Å². The Morgan fingerprint density at radius 3 is 2.77 bits per heavy atom. The fraction of sp³-hybridized carbons (Fsp3) is 0.235. The van der Waals surface area contributed by atoms with Gasteiger partial charge in [-0.3, -0.25) is 9.59 Å². The van der Waals surface area contributed by atoms with Crippen LogP contribution in [-0.4, -0.2) is 35.3 Å². The number of nitrogens with zero attached hydrogens (tertiary/aromatic N) is 2. The Labute approximate surface area is 157 Å². The quantitative estimate of drug-likeness (QED) is 0.634. The topological polar surface area (TPSA) is 62.3 Å². The molecular weight excluding hydrogens is 387 g/mol. The first kappa shape index (κ1) is 18.5.